The van der Waals surface area contributed by atoms with E-state index in [9.17, 15) is 4.79 Å². The number of aromatic nitrogens is 2. The zero-order chi connectivity index (χ0) is 11.5. The molecular formula is C10H10ClN3OS. The van der Waals surface area contributed by atoms with Gasteiger partial charge in [-0.25, -0.2) is 4.98 Å². The van der Waals surface area contributed by atoms with Crippen molar-refractivity contribution in [3.05, 3.63) is 39.6 Å². The number of nitrogens with two attached hydrogens (primary N) is 1. The van der Waals surface area contributed by atoms with Gasteiger partial charge in [0.05, 0.1) is 15.5 Å². The Hall–Kier alpha value is -1.17. The monoisotopic (exact) mass is 255 g/mol. The van der Waals surface area contributed by atoms with Gasteiger partial charge in [0.25, 0.3) is 0 Å². The van der Waals surface area contributed by atoms with Gasteiger partial charge < -0.3 is 10.3 Å². The van der Waals surface area contributed by atoms with Gasteiger partial charge in [0, 0.05) is 19.3 Å². The molecule has 0 saturated heterocycles. The normalized spacial score (nSPS) is 10.6. The van der Waals surface area contributed by atoms with E-state index >= 15 is 0 Å². The Balaban J connectivity index is 2.20. The third kappa shape index (κ3) is 2.32. The molecule has 2 heterocycles. The maximum absolute atomic E-state index is 11.9. The lowest BCUT2D eigenvalue weighted by Crippen LogP contribution is -2.08. The lowest BCUT2D eigenvalue weighted by molar-refractivity contribution is 0.103. The third-order valence-electron chi connectivity index (χ3n) is 2.05. The fourth-order valence-corrected chi connectivity index (χ4v) is 2.30. The quantitative estimate of drug-likeness (QED) is 0.848. The van der Waals surface area contributed by atoms with Crippen LogP contribution in [0.5, 0.6) is 0 Å². The molecule has 0 atom stereocenters. The minimum absolute atomic E-state index is 0.104. The highest BCUT2D eigenvalue weighted by atomic mass is 35.5. The van der Waals surface area contributed by atoms with Crippen molar-refractivity contribution in [3.63, 3.8) is 0 Å². The fourth-order valence-electron chi connectivity index (χ4n) is 1.31. The van der Waals surface area contributed by atoms with Gasteiger partial charge in [0.15, 0.2) is 0 Å². The van der Waals surface area contributed by atoms with E-state index in [0.717, 1.165) is 0 Å². The summed E-state index contributed by atoms with van der Waals surface area (Å²) in [5, 5.41) is 0. The molecule has 2 rings (SSSR count). The van der Waals surface area contributed by atoms with Crippen LogP contribution in [0.3, 0.4) is 0 Å². The molecule has 0 bridgehead atoms. The van der Waals surface area contributed by atoms with E-state index in [1.807, 2.05) is 0 Å². The van der Waals surface area contributed by atoms with Crippen molar-refractivity contribution in [1.29, 1.82) is 0 Å². The Bertz CT molecular complexity index is 506. The van der Waals surface area contributed by atoms with Crippen molar-refractivity contribution in [3.8, 4) is 0 Å². The van der Waals surface area contributed by atoms with Crippen LogP contribution in [0.15, 0.2) is 24.7 Å². The molecule has 0 saturated carbocycles. The second-order valence-corrected chi connectivity index (χ2v) is 4.93. The summed E-state index contributed by atoms with van der Waals surface area (Å²) < 4.78 is 2.40. The molecule has 0 unspecified atom stereocenters. The zero-order valence-electron chi connectivity index (χ0n) is 8.39. The van der Waals surface area contributed by atoms with Crippen molar-refractivity contribution in [2.24, 2.45) is 5.73 Å². The van der Waals surface area contributed by atoms with Crippen LogP contribution in [0.25, 0.3) is 0 Å². The van der Waals surface area contributed by atoms with Crippen molar-refractivity contribution in [2.75, 3.05) is 6.54 Å². The summed E-state index contributed by atoms with van der Waals surface area (Å²) in [4.78, 5) is 16.6. The third-order valence-corrected chi connectivity index (χ3v) is 3.28. The molecule has 2 aromatic rings. The largest absolute Gasteiger partial charge is 0.335 e. The molecule has 0 aromatic carbocycles. The number of rotatable bonds is 4. The molecule has 0 aliphatic carbocycles. The predicted molar refractivity (Wildman–Crippen MR) is 64.0 cm³/mol. The first-order chi connectivity index (χ1) is 7.70. The topological polar surface area (TPSA) is 60.9 Å². The summed E-state index contributed by atoms with van der Waals surface area (Å²) in [7, 11) is 0. The molecule has 4 nitrogen and oxygen atoms in total. The zero-order valence-corrected chi connectivity index (χ0v) is 9.96. The van der Waals surface area contributed by atoms with Crippen LogP contribution in [-0.4, -0.2) is 21.9 Å². The van der Waals surface area contributed by atoms with E-state index in [1.165, 1.54) is 11.3 Å². The number of carbonyl (C=O) groups is 1. The average Bonchev–Trinajstić information content (AvgIpc) is 2.87. The lowest BCUT2D eigenvalue weighted by atomic mass is 10.2. The Labute approximate surface area is 102 Å². The molecule has 0 fully saturated rings. The van der Waals surface area contributed by atoms with Crippen LogP contribution in [0, 0.1) is 0 Å². The number of thiophene rings is 1. The highest BCUT2D eigenvalue weighted by Gasteiger charge is 2.14. The van der Waals surface area contributed by atoms with Gasteiger partial charge in [-0.05, 0) is 12.1 Å². The smallest absolute Gasteiger partial charge is 0.222 e. The lowest BCUT2D eigenvalue weighted by Gasteiger charge is -1.95. The maximum Gasteiger partial charge on any atom is 0.222 e. The minimum Gasteiger partial charge on any atom is -0.335 e. The number of imidazole rings is 1. The number of carbonyl (C=O) groups excluding carboxylic acids is 1. The molecule has 0 spiro atoms. The highest BCUT2D eigenvalue weighted by Crippen LogP contribution is 2.23. The first-order valence-corrected chi connectivity index (χ1v) is 5.92. The SMILES string of the molecule is NCCn1cnc(C(=O)c2ccc(Cl)s2)c1. The molecule has 6 heteroatoms. The summed E-state index contributed by atoms with van der Waals surface area (Å²) in [6, 6.07) is 3.41. The summed E-state index contributed by atoms with van der Waals surface area (Å²) >= 11 is 7.03. The number of halogens is 1. The van der Waals surface area contributed by atoms with Crippen molar-refractivity contribution in [2.45, 2.75) is 6.54 Å². The minimum atomic E-state index is -0.104. The van der Waals surface area contributed by atoms with Gasteiger partial charge in [-0.15, -0.1) is 11.3 Å². The second-order valence-electron chi connectivity index (χ2n) is 3.22. The van der Waals surface area contributed by atoms with E-state index in [-0.39, 0.29) is 5.78 Å². The van der Waals surface area contributed by atoms with E-state index in [1.54, 1.807) is 29.2 Å². The Morgan fingerprint density at radius 3 is 3.00 bits per heavy atom. The Morgan fingerprint density at radius 2 is 2.38 bits per heavy atom. The van der Waals surface area contributed by atoms with Gasteiger partial charge in [-0.3, -0.25) is 4.79 Å². The summed E-state index contributed by atoms with van der Waals surface area (Å²) in [6.45, 7) is 1.18. The number of nitrogens with zero attached hydrogens (tertiary/aromatic N) is 2. The standard InChI is InChI=1S/C10H10ClN3OS/c11-9-2-1-8(16-9)10(15)7-5-14(4-3-12)6-13-7/h1-2,5-6H,3-4,12H2. The van der Waals surface area contributed by atoms with Gasteiger partial charge in [0.1, 0.15) is 5.69 Å². The average molecular weight is 256 g/mol. The van der Waals surface area contributed by atoms with E-state index in [2.05, 4.69) is 4.98 Å². The van der Waals surface area contributed by atoms with Crippen LogP contribution in [0.4, 0.5) is 0 Å². The van der Waals surface area contributed by atoms with Gasteiger partial charge in [-0.2, -0.15) is 0 Å². The molecule has 0 amide bonds. The van der Waals surface area contributed by atoms with Crippen molar-refractivity contribution >= 4 is 28.7 Å². The Kier molecular flexibility index (Phi) is 3.38. The van der Waals surface area contributed by atoms with Crippen LogP contribution in [-0.2, 0) is 6.54 Å². The Morgan fingerprint density at radius 1 is 1.56 bits per heavy atom. The molecule has 0 aliphatic rings. The predicted octanol–water partition coefficient (Wildman–Crippen LogP) is 1.79. The molecule has 16 heavy (non-hydrogen) atoms. The highest BCUT2D eigenvalue weighted by molar-refractivity contribution is 7.18. The van der Waals surface area contributed by atoms with Crippen molar-refractivity contribution in [1.82, 2.24) is 9.55 Å². The van der Waals surface area contributed by atoms with Crippen LogP contribution in [0.1, 0.15) is 15.4 Å². The molecule has 84 valence electrons. The fraction of sp³-hybridized carbons (Fsp3) is 0.200. The van der Waals surface area contributed by atoms with Crippen LogP contribution >= 0.6 is 22.9 Å². The molecule has 0 aliphatic heterocycles. The van der Waals surface area contributed by atoms with E-state index < -0.39 is 0 Å². The summed E-state index contributed by atoms with van der Waals surface area (Å²) in [5.41, 5.74) is 5.83. The van der Waals surface area contributed by atoms with Crippen LogP contribution in [0.2, 0.25) is 4.34 Å². The second kappa shape index (κ2) is 4.78. The number of hydrogen-bond donors (Lipinski definition) is 1. The summed E-state index contributed by atoms with van der Waals surface area (Å²) in [6.07, 6.45) is 3.30. The molecule has 0 radical (unpaired) electrons. The molecule has 2 N–H and O–H groups in total. The van der Waals surface area contributed by atoms with Crippen LogP contribution < -0.4 is 5.73 Å². The maximum atomic E-state index is 11.9. The first kappa shape index (κ1) is 11.3. The molecule has 2 aromatic heterocycles. The van der Waals surface area contributed by atoms with E-state index in [0.29, 0.717) is 28.0 Å². The number of hydrogen-bond acceptors (Lipinski definition) is 4. The summed E-state index contributed by atoms with van der Waals surface area (Å²) in [5.74, 6) is -0.104. The van der Waals surface area contributed by atoms with Gasteiger partial charge >= 0.3 is 0 Å². The number of ketones is 1. The molecular weight excluding hydrogens is 246 g/mol. The van der Waals surface area contributed by atoms with Crippen molar-refractivity contribution < 1.29 is 4.79 Å². The van der Waals surface area contributed by atoms with E-state index in [4.69, 9.17) is 17.3 Å². The van der Waals surface area contributed by atoms with Gasteiger partial charge in [0.2, 0.25) is 5.78 Å². The first-order valence-electron chi connectivity index (χ1n) is 4.72. The van der Waals surface area contributed by atoms with Gasteiger partial charge in [-0.1, -0.05) is 11.6 Å².